The Bertz CT molecular complexity index is 867. The highest BCUT2D eigenvalue weighted by molar-refractivity contribution is 6.74. The Morgan fingerprint density at radius 3 is 2.26 bits per heavy atom. The van der Waals surface area contributed by atoms with E-state index in [-0.39, 0.29) is 60.2 Å². The number of carbonyl (C=O) groups excluding carboxylic acids is 1. The molecule has 0 aromatic rings. The maximum atomic E-state index is 11.7. The van der Waals surface area contributed by atoms with E-state index in [1.165, 1.54) is 6.92 Å². The summed E-state index contributed by atoms with van der Waals surface area (Å²) in [6.07, 6.45) is 9.47. The maximum Gasteiger partial charge on any atom is 0.305 e. The second-order valence-corrected chi connectivity index (χ2v) is 19.3. The molecule has 0 unspecified atom stereocenters. The molecule has 0 amide bonds. The molecule has 2 aliphatic heterocycles. The summed E-state index contributed by atoms with van der Waals surface area (Å²) in [6, 6.07) is 0. The topological polar surface area (TPSA) is 101 Å². The summed E-state index contributed by atoms with van der Waals surface area (Å²) < 4.78 is 31.3. The predicted octanol–water partition coefficient (Wildman–Crippen LogP) is 7.30. The molecule has 1 N–H and O–H groups in total. The fraction of sp³-hybridized carbons (Fsp3) is 0.879. The Hall–Kier alpha value is -1.26. The number of hydrogen-bond donors (Lipinski definition) is 1. The number of aliphatic carboxylic acids is 1. The molecule has 0 radical (unpaired) electrons. The molecule has 2 fully saturated rings. The summed E-state index contributed by atoms with van der Waals surface area (Å²) in [5, 5.41) is 9.57. The van der Waals surface area contributed by atoms with Gasteiger partial charge in [-0.15, -0.1) is 0 Å². The molecule has 42 heavy (non-hydrogen) atoms. The average Bonchev–Trinajstić information content (AvgIpc) is 2.83. The lowest BCUT2D eigenvalue weighted by atomic mass is 9.87. The lowest BCUT2D eigenvalue weighted by Crippen LogP contribution is -2.48. The lowest BCUT2D eigenvalue weighted by Gasteiger charge is -2.44. The van der Waals surface area contributed by atoms with Crippen LogP contribution >= 0.6 is 0 Å². The van der Waals surface area contributed by atoms with Crippen molar-refractivity contribution in [1.29, 1.82) is 0 Å². The largest absolute Gasteiger partial charge is 0.481 e. The zero-order valence-corrected chi connectivity index (χ0v) is 29.0. The van der Waals surface area contributed by atoms with Crippen molar-refractivity contribution in [1.82, 2.24) is 0 Å². The molecule has 0 bridgehead atoms. The van der Waals surface area contributed by atoms with Gasteiger partial charge in [-0.3, -0.25) is 9.59 Å². The van der Waals surface area contributed by atoms with Crippen LogP contribution in [0.25, 0.3) is 0 Å². The Labute approximate surface area is 256 Å². The third-order valence-electron chi connectivity index (χ3n) is 9.18. The monoisotopic (exact) mass is 612 g/mol. The molecule has 8 nitrogen and oxygen atoms in total. The van der Waals surface area contributed by atoms with Gasteiger partial charge in [-0.05, 0) is 74.6 Å². The molecule has 244 valence electrons. The molecular formula is C33H60O8Si. The first-order valence-electron chi connectivity index (χ1n) is 16.1. The standard InChI is InChI=1S/C33H60O8Si/c1-22(2)12-11-13-25(38-24(4)34)16-26-15-14-23(3)31(40-26)20-27(37-8)17-28-18-30(19-29(39-28)21-32(35)36)41-42(9,10)33(5,6)7/h11,13,22-23,25-31H,12,14-21H2,1-10H3,(H,35,36)/b13-11+/t23-,25-,26-,27-,28+,29+,30+,31+/m0/s1. The number of methoxy groups -OCH3 is 1. The van der Waals surface area contributed by atoms with Crippen molar-refractivity contribution in [3.8, 4) is 0 Å². The molecule has 0 spiro atoms. The predicted molar refractivity (Wildman–Crippen MR) is 168 cm³/mol. The molecule has 2 aliphatic rings. The van der Waals surface area contributed by atoms with Gasteiger partial charge >= 0.3 is 11.9 Å². The summed E-state index contributed by atoms with van der Waals surface area (Å²) in [6.45, 7) is 19.2. The van der Waals surface area contributed by atoms with Crippen LogP contribution in [-0.2, 0) is 33.0 Å². The molecule has 2 rings (SSSR count). The highest BCUT2D eigenvalue weighted by atomic mass is 28.4. The second kappa shape index (κ2) is 16.7. The molecule has 2 saturated heterocycles. The number of hydrogen-bond acceptors (Lipinski definition) is 7. The van der Waals surface area contributed by atoms with Crippen molar-refractivity contribution in [2.24, 2.45) is 11.8 Å². The minimum atomic E-state index is -2.02. The van der Waals surface area contributed by atoms with Crippen LogP contribution in [0.15, 0.2) is 12.2 Å². The fourth-order valence-corrected chi connectivity index (χ4v) is 7.14. The van der Waals surface area contributed by atoms with Crippen LogP contribution in [-0.4, -0.2) is 75.2 Å². The zero-order valence-electron chi connectivity index (χ0n) is 28.0. The first-order chi connectivity index (χ1) is 19.5. The summed E-state index contributed by atoms with van der Waals surface area (Å²) in [7, 11) is -0.291. The second-order valence-electron chi connectivity index (χ2n) is 14.6. The summed E-state index contributed by atoms with van der Waals surface area (Å²) in [5.41, 5.74) is 0. The first kappa shape index (κ1) is 36.9. The van der Waals surface area contributed by atoms with Crippen LogP contribution in [0.4, 0.5) is 0 Å². The van der Waals surface area contributed by atoms with Gasteiger partial charge in [0.05, 0.1) is 36.9 Å². The van der Waals surface area contributed by atoms with Crippen LogP contribution in [0.3, 0.4) is 0 Å². The number of carbonyl (C=O) groups is 2. The number of esters is 1. The molecular weight excluding hydrogens is 552 g/mol. The SMILES string of the molecule is CO[C@@H](C[C@@H]1C[C@@H](O[Si](C)(C)C(C)(C)C)C[C@H](CC(=O)O)O1)C[C@H]1O[C@H](C[C@H](/C=C/CC(C)C)OC(C)=O)CC[C@@H]1C. The van der Waals surface area contributed by atoms with Crippen molar-refractivity contribution in [3.63, 3.8) is 0 Å². The normalized spacial score (nSPS) is 29.0. The Morgan fingerprint density at radius 2 is 1.69 bits per heavy atom. The third kappa shape index (κ3) is 12.8. The van der Waals surface area contributed by atoms with Crippen LogP contribution in [0, 0.1) is 11.8 Å². The van der Waals surface area contributed by atoms with Gasteiger partial charge in [0, 0.05) is 33.0 Å². The van der Waals surface area contributed by atoms with Crippen LogP contribution < -0.4 is 0 Å². The van der Waals surface area contributed by atoms with Gasteiger partial charge < -0.3 is 28.5 Å². The van der Waals surface area contributed by atoms with Gasteiger partial charge in [0.15, 0.2) is 8.32 Å². The van der Waals surface area contributed by atoms with Gasteiger partial charge in [0.25, 0.3) is 0 Å². The number of carboxylic acid groups (broad SMARTS) is 1. The van der Waals surface area contributed by atoms with E-state index < -0.39 is 14.3 Å². The Balaban J connectivity index is 2.06. The highest BCUT2D eigenvalue weighted by Gasteiger charge is 2.42. The van der Waals surface area contributed by atoms with Crippen molar-refractivity contribution < 1.29 is 38.1 Å². The minimum Gasteiger partial charge on any atom is -0.481 e. The van der Waals surface area contributed by atoms with Gasteiger partial charge in [-0.1, -0.05) is 47.6 Å². The molecule has 0 saturated carbocycles. The minimum absolute atomic E-state index is 0.00463. The van der Waals surface area contributed by atoms with E-state index in [1.54, 1.807) is 7.11 Å². The average molecular weight is 613 g/mol. The smallest absolute Gasteiger partial charge is 0.305 e. The number of rotatable bonds is 15. The number of ether oxygens (including phenoxy) is 4. The Kier molecular flexibility index (Phi) is 14.7. The number of allylic oxidation sites excluding steroid dienone is 1. The molecule has 0 aromatic heterocycles. The molecule has 8 atom stereocenters. The summed E-state index contributed by atoms with van der Waals surface area (Å²) in [5.74, 6) is -0.206. The molecule has 0 aliphatic carbocycles. The maximum absolute atomic E-state index is 11.7. The Morgan fingerprint density at radius 1 is 1.02 bits per heavy atom. The summed E-state index contributed by atoms with van der Waals surface area (Å²) in [4.78, 5) is 23.3. The quantitative estimate of drug-likeness (QED) is 0.117. The van der Waals surface area contributed by atoms with E-state index in [4.69, 9.17) is 23.4 Å². The van der Waals surface area contributed by atoms with Crippen molar-refractivity contribution in [2.75, 3.05) is 7.11 Å². The van der Waals surface area contributed by atoms with Gasteiger partial charge in [0.2, 0.25) is 0 Å². The van der Waals surface area contributed by atoms with Crippen molar-refractivity contribution in [3.05, 3.63) is 12.2 Å². The molecule has 0 aromatic carbocycles. The van der Waals surface area contributed by atoms with E-state index in [2.05, 4.69) is 60.7 Å². The summed E-state index contributed by atoms with van der Waals surface area (Å²) >= 11 is 0. The van der Waals surface area contributed by atoms with Gasteiger partial charge in [-0.25, -0.2) is 0 Å². The van der Waals surface area contributed by atoms with E-state index in [9.17, 15) is 14.7 Å². The van der Waals surface area contributed by atoms with Crippen LogP contribution in [0.2, 0.25) is 18.1 Å². The number of carboxylic acids is 1. The lowest BCUT2D eigenvalue weighted by molar-refractivity contribution is -0.151. The van der Waals surface area contributed by atoms with Crippen LogP contribution in [0.5, 0.6) is 0 Å². The first-order valence-corrected chi connectivity index (χ1v) is 19.0. The highest BCUT2D eigenvalue weighted by Crippen LogP contribution is 2.40. The fourth-order valence-electron chi connectivity index (χ4n) is 5.76. The zero-order chi connectivity index (χ0) is 31.7. The molecule has 9 heteroatoms. The van der Waals surface area contributed by atoms with E-state index >= 15 is 0 Å². The van der Waals surface area contributed by atoms with E-state index in [0.29, 0.717) is 31.1 Å². The van der Waals surface area contributed by atoms with Crippen molar-refractivity contribution in [2.45, 2.75) is 167 Å². The van der Waals surface area contributed by atoms with Gasteiger partial charge in [0.1, 0.15) is 6.10 Å². The van der Waals surface area contributed by atoms with Crippen molar-refractivity contribution >= 4 is 20.3 Å². The van der Waals surface area contributed by atoms with E-state index in [1.807, 2.05) is 6.08 Å². The van der Waals surface area contributed by atoms with Crippen LogP contribution in [0.1, 0.15) is 106 Å². The van der Waals surface area contributed by atoms with E-state index in [0.717, 1.165) is 32.1 Å². The third-order valence-corrected chi connectivity index (χ3v) is 13.7. The molecule has 2 heterocycles. The van der Waals surface area contributed by atoms with Gasteiger partial charge in [-0.2, -0.15) is 0 Å².